The van der Waals surface area contributed by atoms with E-state index in [1.165, 1.54) is 0 Å². The second-order valence-electron chi connectivity index (χ2n) is 2.76. The first-order valence-corrected chi connectivity index (χ1v) is 4.72. The molecular weight excluding hydrogens is 230 g/mol. The second-order valence-corrected chi connectivity index (χ2v) is 3.67. The minimum absolute atomic E-state index is 0.328. The van der Waals surface area contributed by atoms with Crippen molar-refractivity contribution in [2.75, 3.05) is 0 Å². The Morgan fingerprint density at radius 2 is 2.31 bits per heavy atom. The lowest BCUT2D eigenvalue weighted by molar-refractivity contribution is 0.808. The Kier molecular flexibility index (Phi) is 3.37. The highest BCUT2D eigenvalue weighted by molar-refractivity contribution is 9.10. The van der Waals surface area contributed by atoms with Gasteiger partial charge in [0, 0.05) is 4.47 Å². The van der Waals surface area contributed by atoms with Crippen molar-refractivity contribution in [1.29, 1.82) is 0 Å². The molecule has 0 bridgehead atoms. The third-order valence-corrected chi connectivity index (χ3v) is 2.37. The van der Waals surface area contributed by atoms with Gasteiger partial charge in [0.15, 0.2) is 0 Å². The van der Waals surface area contributed by atoms with E-state index in [0.29, 0.717) is 0 Å². The predicted octanol–water partition coefficient (Wildman–Crippen LogP) is 3.92. The van der Waals surface area contributed by atoms with Gasteiger partial charge in [-0.3, -0.25) is 0 Å². The maximum absolute atomic E-state index is 10.4. The first-order valence-electron chi connectivity index (χ1n) is 3.93. The summed E-state index contributed by atoms with van der Waals surface area (Å²) in [5, 5.41) is 2.99. The minimum Gasteiger partial charge on any atom is -0.150 e. The molecule has 0 saturated heterocycles. The van der Waals surface area contributed by atoms with E-state index in [2.05, 4.69) is 27.7 Å². The van der Waals surface area contributed by atoms with Crippen molar-refractivity contribution >= 4 is 22.0 Å². The molecule has 1 rings (SSSR count). The van der Waals surface area contributed by atoms with Crippen LogP contribution >= 0.6 is 15.9 Å². The van der Waals surface area contributed by atoms with Crippen LogP contribution in [0.15, 0.2) is 34.4 Å². The van der Waals surface area contributed by atoms with Gasteiger partial charge in [0.25, 0.3) is 0 Å². The van der Waals surface area contributed by atoms with E-state index in [0.717, 1.165) is 15.6 Å². The molecule has 0 spiro atoms. The molecule has 0 aliphatic heterocycles. The number of benzene rings is 1. The van der Waals surface area contributed by atoms with Crippen LogP contribution in [0.25, 0.3) is 6.08 Å². The van der Waals surface area contributed by atoms with Crippen molar-refractivity contribution in [3.8, 4) is 0 Å². The van der Waals surface area contributed by atoms with Crippen molar-refractivity contribution in [3.05, 3.63) is 45.3 Å². The Morgan fingerprint density at radius 3 is 2.85 bits per heavy atom. The zero-order valence-electron chi connectivity index (χ0n) is 7.33. The van der Waals surface area contributed by atoms with Gasteiger partial charge < -0.3 is 0 Å². The maximum Gasteiger partial charge on any atom is 0.115 e. The van der Waals surface area contributed by atoms with Crippen LogP contribution in [0.3, 0.4) is 0 Å². The monoisotopic (exact) mass is 239 g/mol. The normalized spacial score (nSPS) is 12.2. The fourth-order valence-electron chi connectivity index (χ4n) is 1.15. The van der Waals surface area contributed by atoms with Crippen LogP contribution in [0, 0.1) is 4.91 Å². The van der Waals surface area contributed by atoms with E-state index < -0.39 is 0 Å². The van der Waals surface area contributed by atoms with E-state index in [1.54, 1.807) is 13.0 Å². The van der Waals surface area contributed by atoms with Gasteiger partial charge in [0.2, 0.25) is 0 Å². The molecule has 1 unspecified atom stereocenters. The predicted molar refractivity (Wildman–Crippen MR) is 58.4 cm³/mol. The number of rotatable bonds is 3. The molecule has 0 fully saturated rings. The Bertz CT molecular complexity index is 336. The van der Waals surface area contributed by atoms with Crippen LogP contribution in [0.2, 0.25) is 0 Å². The number of nitrogens with zero attached hydrogens (tertiary/aromatic N) is 1. The summed E-state index contributed by atoms with van der Waals surface area (Å²) in [4.78, 5) is 10.4. The topological polar surface area (TPSA) is 29.4 Å². The van der Waals surface area contributed by atoms with E-state index in [-0.39, 0.29) is 6.04 Å². The van der Waals surface area contributed by atoms with Gasteiger partial charge in [-0.2, -0.15) is 4.91 Å². The average Bonchev–Trinajstić information content (AvgIpc) is 2.16. The molecule has 0 radical (unpaired) electrons. The molecular formula is C10H10BrNO. The highest BCUT2D eigenvalue weighted by Crippen LogP contribution is 2.25. The number of hydrogen-bond acceptors (Lipinski definition) is 2. The summed E-state index contributed by atoms with van der Waals surface area (Å²) in [5.41, 5.74) is 1.86. The van der Waals surface area contributed by atoms with Crippen molar-refractivity contribution in [1.82, 2.24) is 0 Å². The Morgan fingerprint density at radius 1 is 1.62 bits per heavy atom. The van der Waals surface area contributed by atoms with E-state index in [4.69, 9.17) is 0 Å². The van der Waals surface area contributed by atoms with Crippen LogP contribution < -0.4 is 0 Å². The largest absolute Gasteiger partial charge is 0.150 e. The molecule has 0 N–H and O–H groups in total. The smallest absolute Gasteiger partial charge is 0.115 e. The first-order chi connectivity index (χ1) is 6.19. The lowest BCUT2D eigenvalue weighted by Crippen LogP contribution is -1.92. The molecule has 0 amide bonds. The summed E-state index contributed by atoms with van der Waals surface area (Å²) >= 11 is 3.34. The van der Waals surface area contributed by atoms with Crippen LogP contribution in [0.1, 0.15) is 24.1 Å². The molecule has 68 valence electrons. The van der Waals surface area contributed by atoms with Gasteiger partial charge >= 0.3 is 0 Å². The van der Waals surface area contributed by atoms with Crippen LogP contribution in [-0.2, 0) is 0 Å². The van der Waals surface area contributed by atoms with Gasteiger partial charge in [-0.05, 0) is 30.2 Å². The number of nitroso groups, excluding NO2 is 1. The number of hydrogen-bond donors (Lipinski definition) is 0. The van der Waals surface area contributed by atoms with Gasteiger partial charge in [-0.25, -0.2) is 0 Å². The summed E-state index contributed by atoms with van der Waals surface area (Å²) in [7, 11) is 0. The minimum atomic E-state index is -0.328. The molecule has 13 heavy (non-hydrogen) atoms. The van der Waals surface area contributed by atoms with E-state index in [9.17, 15) is 4.91 Å². The summed E-state index contributed by atoms with van der Waals surface area (Å²) in [6.07, 6.45) is 1.73. The first kappa shape index (κ1) is 10.1. The Labute approximate surface area is 85.8 Å². The molecule has 0 aliphatic rings. The standard InChI is InChI=1S/C10H10BrNO/c1-3-8-4-5-9(11)6-10(8)7(2)12-13/h3-7H,1H2,2H3. The number of halogens is 1. The van der Waals surface area contributed by atoms with Crippen LogP contribution in [0.5, 0.6) is 0 Å². The molecule has 2 nitrogen and oxygen atoms in total. The molecule has 3 heteroatoms. The fourth-order valence-corrected chi connectivity index (χ4v) is 1.53. The molecule has 0 aromatic heterocycles. The van der Waals surface area contributed by atoms with E-state index in [1.807, 2.05) is 18.2 Å². The highest BCUT2D eigenvalue weighted by atomic mass is 79.9. The third kappa shape index (κ3) is 2.25. The van der Waals surface area contributed by atoms with Crippen molar-refractivity contribution < 1.29 is 0 Å². The molecule has 1 aromatic rings. The van der Waals surface area contributed by atoms with Gasteiger partial charge in [-0.1, -0.05) is 39.8 Å². The third-order valence-electron chi connectivity index (χ3n) is 1.88. The summed E-state index contributed by atoms with van der Waals surface area (Å²) in [6, 6.07) is 5.39. The molecule has 1 atom stereocenters. The highest BCUT2D eigenvalue weighted by Gasteiger charge is 2.08. The van der Waals surface area contributed by atoms with Gasteiger partial charge in [0.1, 0.15) is 6.04 Å². The zero-order valence-corrected chi connectivity index (χ0v) is 8.91. The molecule has 1 aromatic carbocycles. The fraction of sp³-hybridized carbons (Fsp3) is 0.200. The van der Waals surface area contributed by atoms with Crippen LogP contribution in [-0.4, -0.2) is 0 Å². The second kappa shape index (κ2) is 4.33. The summed E-state index contributed by atoms with van der Waals surface area (Å²) in [5.74, 6) is 0. The lowest BCUT2D eigenvalue weighted by atomic mass is 10.0. The quantitative estimate of drug-likeness (QED) is 0.736. The van der Waals surface area contributed by atoms with Crippen molar-refractivity contribution in [2.45, 2.75) is 13.0 Å². The van der Waals surface area contributed by atoms with E-state index >= 15 is 0 Å². The SMILES string of the molecule is C=Cc1ccc(Br)cc1C(C)N=O. The Hall–Kier alpha value is -0.960. The van der Waals surface area contributed by atoms with Crippen molar-refractivity contribution in [3.63, 3.8) is 0 Å². The lowest BCUT2D eigenvalue weighted by Gasteiger charge is -2.07. The summed E-state index contributed by atoms with van der Waals surface area (Å²) < 4.78 is 0.948. The average molecular weight is 240 g/mol. The molecule has 0 aliphatic carbocycles. The van der Waals surface area contributed by atoms with Gasteiger partial charge in [0.05, 0.1) is 0 Å². The van der Waals surface area contributed by atoms with Gasteiger partial charge in [-0.15, -0.1) is 0 Å². The molecule has 0 heterocycles. The van der Waals surface area contributed by atoms with Crippen LogP contribution in [0.4, 0.5) is 0 Å². The summed E-state index contributed by atoms with van der Waals surface area (Å²) in [6.45, 7) is 5.44. The maximum atomic E-state index is 10.4. The Balaban J connectivity index is 3.22. The van der Waals surface area contributed by atoms with Crippen molar-refractivity contribution in [2.24, 2.45) is 5.18 Å². The zero-order chi connectivity index (χ0) is 9.84. The molecule has 0 saturated carbocycles.